The first-order valence-electron chi connectivity index (χ1n) is 7.82. The van der Waals surface area contributed by atoms with Gasteiger partial charge in [0.2, 0.25) is 5.91 Å². The molecular weight excluding hydrogens is 264 g/mol. The van der Waals surface area contributed by atoms with Gasteiger partial charge in [0.15, 0.2) is 0 Å². The van der Waals surface area contributed by atoms with E-state index in [2.05, 4.69) is 29.3 Å². The smallest absolute Gasteiger partial charge is 0.248 e. The summed E-state index contributed by atoms with van der Waals surface area (Å²) >= 11 is 0. The summed E-state index contributed by atoms with van der Waals surface area (Å²) in [7, 11) is 0. The minimum Gasteiger partial charge on any atom is -0.384 e. The molecule has 0 spiro atoms. The highest BCUT2D eigenvalue weighted by molar-refractivity contribution is 5.80. The lowest BCUT2D eigenvalue weighted by atomic mass is 9.95. The zero-order valence-corrected chi connectivity index (χ0v) is 13.0. The molecule has 1 aliphatic heterocycles. The highest BCUT2D eigenvalue weighted by Crippen LogP contribution is 2.26. The van der Waals surface area contributed by atoms with Crippen molar-refractivity contribution in [2.24, 2.45) is 5.92 Å². The molecule has 1 heterocycles. The van der Waals surface area contributed by atoms with Gasteiger partial charge in [0, 0.05) is 6.54 Å². The molecule has 1 amide bonds. The Hall–Kier alpha value is -1.39. The topological polar surface area (TPSA) is 52.6 Å². The molecule has 0 unspecified atom stereocenters. The second-order valence-corrected chi connectivity index (χ2v) is 6.07. The van der Waals surface area contributed by atoms with Gasteiger partial charge in [0.25, 0.3) is 0 Å². The van der Waals surface area contributed by atoms with Gasteiger partial charge in [-0.2, -0.15) is 0 Å². The number of hydrogen-bond acceptors (Lipinski definition) is 3. The molecule has 1 aliphatic rings. The van der Waals surface area contributed by atoms with Crippen LogP contribution in [0.5, 0.6) is 0 Å². The van der Waals surface area contributed by atoms with E-state index >= 15 is 0 Å². The van der Waals surface area contributed by atoms with E-state index in [9.17, 15) is 9.90 Å². The van der Waals surface area contributed by atoms with Gasteiger partial charge in [0.05, 0.1) is 6.04 Å². The molecule has 0 bridgehead atoms. The summed E-state index contributed by atoms with van der Waals surface area (Å²) in [5.74, 6) is 0.478. The standard InChI is InChI=1S/C17H26N2O2/c1-13-8-10-19(11-9-13)16(12-18-17(21)14(2)20)15-6-4-3-5-7-15/h3-7,13-14,16,20H,8-12H2,1-2H3,(H,18,21)/t14-,16-/m0/s1. The van der Waals surface area contributed by atoms with Crippen LogP contribution in [0.1, 0.15) is 38.3 Å². The third-order valence-electron chi connectivity index (χ3n) is 4.29. The fourth-order valence-electron chi connectivity index (χ4n) is 2.82. The first-order chi connectivity index (χ1) is 10.1. The van der Waals surface area contributed by atoms with Crippen LogP contribution in [0.25, 0.3) is 0 Å². The molecule has 1 aromatic rings. The molecule has 0 aliphatic carbocycles. The van der Waals surface area contributed by atoms with Gasteiger partial charge < -0.3 is 10.4 Å². The van der Waals surface area contributed by atoms with Gasteiger partial charge in [-0.25, -0.2) is 0 Å². The highest BCUT2D eigenvalue weighted by Gasteiger charge is 2.25. The van der Waals surface area contributed by atoms with Crippen molar-refractivity contribution in [2.75, 3.05) is 19.6 Å². The summed E-state index contributed by atoms with van der Waals surface area (Å²) in [6.07, 6.45) is 1.45. The molecule has 2 rings (SSSR count). The second kappa shape index (κ2) is 7.57. The number of likely N-dealkylation sites (tertiary alicyclic amines) is 1. The summed E-state index contributed by atoms with van der Waals surface area (Å²) in [6.45, 7) is 6.46. The number of carbonyl (C=O) groups is 1. The number of aliphatic hydroxyl groups is 1. The molecule has 1 fully saturated rings. The molecular formula is C17H26N2O2. The second-order valence-electron chi connectivity index (χ2n) is 6.07. The average molecular weight is 290 g/mol. The minimum absolute atomic E-state index is 0.182. The van der Waals surface area contributed by atoms with E-state index in [1.165, 1.54) is 25.3 Å². The number of amides is 1. The molecule has 2 atom stereocenters. The van der Waals surface area contributed by atoms with E-state index in [0.29, 0.717) is 6.54 Å². The van der Waals surface area contributed by atoms with Gasteiger partial charge in [0.1, 0.15) is 6.10 Å². The van der Waals surface area contributed by atoms with Crippen molar-refractivity contribution in [3.05, 3.63) is 35.9 Å². The Morgan fingerprint density at radius 1 is 1.33 bits per heavy atom. The van der Waals surface area contributed by atoms with Gasteiger partial charge in [-0.05, 0) is 44.3 Å². The van der Waals surface area contributed by atoms with E-state index in [-0.39, 0.29) is 11.9 Å². The summed E-state index contributed by atoms with van der Waals surface area (Å²) in [6, 6.07) is 10.5. The predicted octanol–water partition coefficient (Wildman–Crippen LogP) is 1.96. The molecule has 4 nitrogen and oxygen atoms in total. The van der Waals surface area contributed by atoms with Crippen molar-refractivity contribution in [1.29, 1.82) is 0 Å². The fourth-order valence-corrected chi connectivity index (χ4v) is 2.82. The quantitative estimate of drug-likeness (QED) is 0.871. The number of aliphatic hydroxyl groups excluding tert-OH is 1. The number of nitrogens with zero attached hydrogens (tertiary/aromatic N) is 1. The molecule has 2 N–H and O–H groups in total. The molecule has 21 heavy (non-hydrogen) atoms. The number of nitrogens with one attached hydrogen (secondary N) is 1. The molecule has 4 heteroatoms. The molecule has 0 aromatic heterocycles. The van der Waals surface area contributed by atoms with Crippen LogP contribution in [-0.2, 0) is 4.79 Å². The van der Waals surface area contributed by atoms with Crippen molar-refractivity contribution >= 4 is 5.91 Å². The Balaban J connectivity index is 2.05. The zero-order valence-electron chi connectivity index (χ0n) is 13.0. The van der Waals surface area contributed by atoms with Crippen LogP contribution < -0.4 is 5.32 Å². The Kier molecular flexibility index (Phi) is 5.76. The molecule has 0 radical (unpaired) electrons. The monoisotopic (exact) mass is 290 g/mol. The molecule has 0 saturated carbocycles. The van der Waals surface area contributed by atoms with Crippen molar-refractivity contribution < 1.29 is 9.90 Å². The lowest BCUT2D eigenvalue weighted by molar-refractivity contribution is -0.128. The van der Waals surface area contributed by atoms with Gasteiger partial charge >= 0.3 is 0 Å². The van der Waals surface area contributed by atoms with E-state index in [4.69, 9.17) is 0 Å². The van der Waals surface area contributed by atoms with Crippen molar-refractivity contribution in [1.82, 2.24) is 10.2 Å². The Morgan fingerprint density at radius 2 is 1.95 bits per heavy atom. The van der Waals surface area contributed by atoms with Crippen LogP contribution in [0.4, 0.5) is 0 Å². The predicted molar refractivity (Wildman–Crippen MR) is 83.8 cm³/mol. The Morgan fingerprint density at radius 3 is 2.52 bits per heavy atom. The molecule has 1 aromatic carbocycles. The van der Waals surface area contributed by atoms with E-state index in [1.807, 2.05) is 18.2 Å². The van der Waals surface area contributed by atoms with E-state index < -0.39 is 6.10 Å². The summed E-state index contributed by atoms with van der Waals surface area (Å²) in [5.41, 5.74) is 1.22. The first-order valence-corrected chi connectivity index (χ1v) is 7.82. The zero-order chi connectivity index (χ0) is 15.2. The average Bonchev–Trinajstić information content (AvgIpc) is 2.50. The van der Waals surface area contributed by atoms with Crippen LogP contribution in [0.2, 0.25) is 0 Å². The SMILES string of the molecule is CC1CCN([C@@H](CNC(=O)[C@H](C)O)c2ccccc2)CC1. The number of benzene rings is 1. The van der Waals surface area contributed by atoms with Crippen LogP contribution in [0.3, 0.4) is 0 Å². The highest BCUT2D eigenvalue weighted by atomic mass is 16.3. The fraction of sp³-hybridized carbons (Fsp3) is 0.588. The van der Waals surface area contributed by atoms with Gasteiger partial charge in [-0.15, -0.1) is 0 Å². The van der Waals surface area contributed by atoms with Crippen molar-refractivity contribution in [3.63, 3.8) is 0 Å². The van der Waals surface area contributed by atoms with Crippen LogP contribution >= 0.6 is 0 Å². The van der Waals surface area contributed by atoms with Gasteiger partial charge in [-0.1, -0.05) is 37.3 Å². The van der Waals surface area contributed by atoms with E-state index in [0.717, 1.165) is 19.0 Å². The third kappa shape index (κ3) is 4.55. The van der Waals surface area contributed by atoms with E-state index in [1.54, 1.807) is 0 Å². The maximum atomic E-state index is 11.6. The summed E-state index contributed by atoms with van der Waals surface area (Å²) < 4.78 is 0. The normalized spacial score (nSPS) is 20.0. The van der Waals surface area contributed by atoms with Crippen LogP contribution in [-0.4, -0.2) is 41.7 Å². The third-order valence-corrected chi connectivity index (χ3v) is 4.29. The lowest BCUT2D eigenvalue weighted by Gasteiger charge is -2.37. The number of hydrogen-bond donors (Lipinski definition) is 2. The number of piperidine rings is 1. The first kappa shape index (κ1) is 16.0. The summed E-state index contributed by atoms with van der Waals surface area (Å²) in [4.78, 5) is 14.1. The number of carbonyl (C=O) groups excluding carboxylic acids is 1. The summed E-state index contributed by atoms with van der Waals surface area (Å²) in [5, 5.41) is 12.2. The molecule has 1 saturated heterocycles. The number of rotatable bonds is 5. The largest absolute Gasteiger partial charge is 0.384 e. The minimum atomic E-state index is -0.956. The van der Waals surface area contributed by atoms with Gasteiger partial charge in [-0.3, -0.25) is 9.69 Å². The maximum Gasteiger partial charge on any atom is 0.248 e. The van der Waals surface area contributed by atoms with Crippen molar-refractivity contribution in [2.45, 2.75) is 38.8 Å². The molecule has 116 valence electrons. The maximum absolute atomic E-state index is 11.6. The Bertz CT molecular complexity index is 439. The Labute approximate surface area is 127 Å². The lowest BCUT2D eigenvalue weighted by Crippen LogP contribution is -2.43. The van der Waals surface area contributed by atoms with Crippen molar-refractivity contribution in [3.8, 4) is 0 Å². The van der Waals surface area contributed by atoms with Crippen LogP contribution in [0, 0.1) is 5.92 Å². The van der Waals surface area contributed by atoms with Crippen LogP contribution in [0.15, 0.2) is 30.3 Å².